The van der Waals surface area contributed by atoms with Crippen LogP contribution in [0.5, 0.6) is 0 Å². The van der Waals surface area contributed by atoms with Gasteiger partial charge in [-0.1, -0.05) is 72.8 Å². The lowest BCUT2D eigenvalue weighted by Crippen LogP contribution is -2.55. The molecule has 4 aromatic rings. The van der Waals surface area contributed by atoms with E-state index in [9.17, 15) is 19.2 Å². The van der Waals surface area contributed by atoms with Crippen LogP contribution in [0.25, 0.3) is 0 Å². The molecule has 0 saturated heterocycles. The van der Waals surface area contributed by atoms with Gasteiger partial charge in [-0.2, -0.15) is 0 Å². The monoisotopic (exact) mass is 506 g/mol. The highest BCUT2D eigenvalue weighted by Crippen LogP contribution is 2.30. The SMILES string of the molecule is O=C(CC(C(=O)Nc1ccccc1)(C(=O)Nc1ccccc1)C(=O)Nc1ccccc1)Nc1ccccc1. The molecule has 0 bridgehead atoms. The van der Waals surface area contributed by atoms with Crippen molar-refractivity contribution in [2.75, 3.05) is 21.3 Å². The topological polar surface area (TPSA) is 116 Å². The Morgan fingerprint density at radius 1 is 0.421 bits per heavy atom. The molecule has 4 N–H and O–H groups in total. The van der Waals surface area contributed by atoms with Gasteiger partial charge in [0.1, 0.15) is 0 Å². The van der Waals surface area contributed by atoms with Gasteiger partial charge < -0.3 is 21.3 Å². The van der Waals surface area contributed by atoms with Gasteiger partial charge in [0, 0.05) is 22.7 Å². The molecule has 0 saturated carbocycles. The maximum atomic E-state index is 13.9. The Hall–Kier alpha value is -5.24. The first-order valence-corrected chi connectivity index (χ1v) is 11.9. The molecule has 190 valence electrons. The highest BCUT2D eigenvalue weighted by molar-refractivity contribution is 6.32. The molecule has 0 fully saturated rings. The third kappa shape index (κ3) is 6.30. The van der Waals surface area contributed by atoms with Crippen molar-refractivity contribution in [1.29, 1.82) is 0 Å². The summed E-state index contributed by atoms with van der Waals surface area (Å²) >= 11 is 0. The summed E-state index contributed by atoms with van der Waals surface area (Å²) in [5.74, 6) is -3.54. The third-order valence-electron chi connectivity index (χ3n) is 5.74. The lowest BCUT2D eigenvalue weighted by Gasteiger charge is -2.29. The van der Waals surface area contributed by atoms with Gasteiger partial charge in [-0.25, -0.2) is 0 Å². The molecule has 0 aliphatic heterocycles. The van der Waals surface area contributed by atoms with Crippen LogP contribution in [-0.2, 0) is 19.2 Å². The fourth-order valence-electron chi connectivity index (χ4n) is 3.80. The van der Waals surface area contributed by atoms with E-state index in [1.165, 1.54) is 0 Å². The van der Waals surface area contributed by atoms with Crippen molar-refractivity contribution < 1.29 is 19.2 Å². The molecule has 0 aromatic heterocycles. The Morgan fingerprint density at radius 2 is 0.684 bits per heavy atom. The van der Waals surface area contributed by atoms with Gasteiger partial charge in [0.05, 0.1) is 6.42 Å². The number of hydrogen-bond donors (Lipinski definition) is 4. The van der Waals surface area contributed by atoms with Crippen LogP contribution in [0.15, 0.2) is 121 Å². The third-order valence-corrected chi connectivity index (χ3v) is 5.74. The fraction of sp³-hybridized carbons (Fsp3) is 0.0667. The van der Waals surface area contributed by atoms with Crippen molar-refractivity contribution in [3.05, 3.63) is 121 Å². The van der Waals surface area contributed by atoms with Gasteiger partial charge in [0.2, 0.25) is 29.0 Å². The Morgan fingerprint density at radius 3 is 0.974 bits per heavy atom. The molecule has 38 heavy (non-hydrogen) atoms. The molecule has 0 heterocycles. The smallest absolute Gasteiger partial charge is 0.250 e. The molecule has 4 amide bonds. The number of para-hydroxylation sites is 4. The standard InChI is InChI=1S/C30H26N4O4/c35-26(31-22-13-5-1-6-14-22)21-30(27(36)32-23-15-7-2-8-16-23,28(37)33-24-17-9-3-10-18-24)29(38)34-25-19-11-4-12-20-25/h1-20H,21H2,(H,31,35)(H,32,36)(H,33,37)(H,34,38). The number of rotatable bonds is 9. The number of amides is 4. The van der Waals surface area contributed by atoms with Crippen molar-refractivity contribution in [1.82, 2.24) is 0 Å². The van der Waals surface area contributed by atoms with Gasteiger partial charge in [-0.15, -0.1) is 0 Å². The van der Waals surface area contributed by atoms with Crippen LogP contribution in [0.4, 0.5) is 22.7 Å². The van der Waals surface area contributed by atoms with E-state index in [-0.39, 0.29) is 0 Å². The van der Waals surface area contributed by atoms with E-state index in [2.05, 4.69) is 21.3 Å². The first-order valence-electron chi connectivity index (χ1n) is 11.9. The summed E-state index contributed by atoms with van der Waals surface area (Å²) < 4.78 is 0. The molecule has 0 aliphatic carbocycles. The zero-order valence-electron chi connectivity index (χ0n) is 20.4. The Kier molecular flexibility index (Phi) is 8.25. The van der Waals surface area contributed by atoms with Crippen molar-refractivity contribution in [2.24, 2.45) is 5.41 Å². The molecule has 0 unspecified atom stereocenters. The molecule has 4 rings (SSSR count). The first kappa shape index (κ1) is 25.8. The number of nitrogens with one attached hydrogen (secondary N) is 4. The second-order valence-corrected chi connectivity index (χ2v) is 8.46. The van der Waals surface area contributed by atoms with Gasteiger partial charge in [-0.05, 0) is 48.5 Å². The zero-order valence-corrected chi connectivity index (χ0v) is 20.4. The van der Waals surface area contributed by atoms with E-state index >= 15 is 0 Å². The van der Waals surface area contributed by atoms with Crippen LogP contribution in [0.3, 0.4) is 0 Å². The second kappa shape index (κ2) is 12.1. The maximum absolute atomic E-state index is 13.9. The van der Waals surface area contributed by atoms with Crippen LogP contribution in [0.1, 0.15) is 6.42 Å². The largest absolute Gasteiger partial charge is 0.326 e. The average Bonchev–Trinajstić information content (AvgIpc) is 2.93. The Bertz CT molecular complexity index is 1270. The fourth-order valence-corrected chi connectivity index (χ4v) is 3.80. The molecule has 8 nitrogen and oxygen atoms in total. The lowest BCUT2D eigenvalue weighted by atomic mass is 9.80. The van der Waals surface area contributed by atoms with E-state index in [1.54, 1.807) is 121 Å². The quantitative estimate of drug-likeness (QED) is 0.241. The molecule has 0 aliphatic rings. The summed E-state index contributed by atoms with van der Waals surface area (Å²) in [7, 11) is 0. The molecule has 8 heteroatoms. The zero-order chi connectivity index (χ0) is 26.8. The highest BCUT2D eigenvalue weighted by Gasteiger charge is 2.54. The summed E-state index contributed by atoms with van der Waals surface area (Å²) in [6, 6.07) is 33.8. The number of benzene rings is 4. The normalized spacial score (nSPS) is 10.6. The predicted octanol–water partition coefficient (Wildman–Crippen LogP) is 4.92. The maximum Gasteiger partial charge on any atom is 0.250 e. The molecule has 0 spiro atoms. The summed E-state index contributed by atoms with van der Waals surface area (Å²) in [4.78, 5) is 54.9. The number of carbonyl (C=O) groups is 4. The Labute approximate surface area is 220 Å². The van der Waals surface area contributed by atoms with E-state index in [1.807, 2.05) is 0 Å². The highest BCUT2D eigenvalue weighted by atomic mass is 16.2. The molecule has 0 radical (unpaired) electrons. The van der Waals surface area contributed by atoms with E-state index < -0.39 is 35.5 Å². The second-order valence-electron chi connectivity index (χ2n) is 8.46. The lowest BCUT2D eigenvalue weighted by molar-refractivity contribution is -0.148. The predicted molar refractivity (Wildman–Crippen MR) is 147 cm³/mol. The minimum Gasteiger partial charge on any atom is -0.326 e. The average molecular weight is 507 g/mol. The van der Waals surface area contributed by atoms with Gasteiger partial charge in [0.15, 0.2) is 0 Å². The van der Waals surface area contributed by atoms with Crippen LogP contribution >= 0.6 is 0 Å². The van der Waals surface area contributed by atoms with Crippen LogP contribution in [0, 0.1) is 5.41 Å². The first-order chi connectivity index (χ1) is 18.5. The van der Waals surface area contributed by atoms with Crippen LogP contribution in [-0.4, -0.2) is 23.6 Å². The molecule has 4 aromatic carbocycles. The van der Waals surface area contributed by atoms with Crippen LogP contribution in [0.2, 0.25) is 0 Å². The van der Waals surface area contributed by atoms with Gasteiger partial charge >= 0.3 is 0 Å². The molecular weight excluding hydrogens is 480 g/mol. The minimum absolute atomic E-state index is 0.366. The van der Waals surface area contributed by atoms with Gasteiger partial charge in [0.25, 0.3) is 0 Å². The molecule has 0 atom stereocenters. The van der Waals surface area contributed by atoms with E-state index in [0.29, 0.717) is 22.7 Å². The molecular formula is C30H26N4O4. The Balaban J connectivity index is 1.75. The summed E-state index contributed by atoms with van der Waals surface area (Å²) in [6.45, 7) is 0. The van der Waals surface area contributed by atoms with Crippen molar-refractivity contribution in [3.63, 3.8) is 0 Å². The van der Waals surface area contributed by atoms with E-state index in [4.69, 9.17) is 0 Å². The summed E-state index contributed by atoms with van der Waals surface area (Å²) in [5.41, 5.74) is -0.914. The number of carbonyl (C=O) groups excluding carboxylic acids is 4. The van der Waals surface area contributed by atoms with Crippen molar-refractivity contribution >= 4 is 46.4 Å². The van der Waals surface area contributed by atoms with E-state index in [0.717, 1.165) is 0 Å². The van der Waals surface area contributed by atoms with Crippen molar-refractivity contribution in [2.45, 2.75) is 6.42 Å². The number of anilines is 4. The minimum atomic E-state index is -2.47. The van der Waals surface area contributed by atoms with Gasteiger partial charge in [-0.3, -0.25) is 19.2 Å². The van der Waals surface area contributed by atoms with Crippen LogP contribution < -0.4 is 21.3 Å². The van der Waals surface area contributed by atoms with Crippen molar-refractivity contribution in [3.8, 4) is 0 Å². The summed E-state index contributed by atoms with van der Waals surface area (Å²) in [5, 5.41) is 10.6. The number of hydrogen-bond acceptors (Lipinski definition) is 4. The summed E-state index contributed by atoms with van der Waals surface area (Å²) in [6.07, 6.45) is -0.752.